The molecule has 0 saturated heterocycles. The Morgan fingerprint density at radius 2 is 1.65 bits per heavy atom. The van der Waals surface area contributed by atoms with Crippen LogP contribution in [0, 0.1) is 11.3 Å². The van der Waals surface area contributed by atoms with Crippen molar-refractivity contribution in [3.63, 3.8) is 0 Å². The van der Waals surface area contributed by atoms with Gasteiger partial charge in [0, 0.05) is 10.4 Å². The number of rotatable bonds is 4. The van der Waals surface area contributed by atoms with Crippen molar-refractivity contribution in [1.82, 2.24) is 0 Å². The summed E-state index contributed by atoms with van der Waals surface area (Å²) in [5.74, 6) is 0.623. The van der Waals surface area contributed by atoms with E-state index in [0.717, 1.165) is 17.9 Å². The summed E-state index contributed by atoms with van der Waals surface area (Å²) < 4.78 is 0. The molecule has 0 heterocycles. The van der Waals surface area contributed by atoms with Crippen LogP contribution in [-0.4, -0.2) is 5.38 Å². The van der Waals surface area contributed by atoms with Gasteiger partial charge in [-0.05, 0) is 41.9 Å². The first-order valence-corrected chi connectivity index (χ1v) is 6.99. The summed E-state index contributed by atoms with van der Waals surface area (Å²) in [6.07, 6.45) is 1.97. The molecule has 0 spiro atoms. The van der Waals surface area contributed by atoms with Crippen molar-refractivity contribution >= 4 is 23.2 Å². The number of hydrogen-bond donors (Lipinski definition) is 0. The van der Waals surface area contributed by atoms with Crippen LogP contribution in [0.1, 0.15) is 39.7 Å². The zero-order chi connectivity index (χ0) is 13.1. The van der Waals surface area contributed by atoms with Crippen molar-refractivity contribution in [2.24, 2.45) is 11.3 Å². The van der Waals surface area contributed by atoms with Crippen LogP contribution >= 0.6 is 23.2 Å². The highest BCUT2D eigenvalue weighted by molar-refractivity contribution is 6.30. The van der Waals surface area contributed by atoms with E-state index in [4.69, 9.17) is 23.2 Å². The molecule has 0 N–H and O–H groups in total. The first-order valence-electron chi connectivity index (χ1n) is 6.17. The quantitative estimate of drug-likeness (QED) is 0.630. The second kappa shape index (κ2) is 6.11. The van der Waals surface area contributed by atoms with Gasteiger partial charge in [-0.2, -0.15) is 0 Å². The Labute approximate surface area is 115 Å². The Hall–Kier alpha value is -0.200. The zero-order valence-electron chi connectivity index (χ0n) is 11.1. The molecule has 96 valence electrons. The molecule has 2 heteroatoms. The highest BCUT2D eigenvalue weighted by Crippen LogP contribution is 2.31. The molecule has 1 aromatic carbocycles. The first-order chi connectivity index (χ1) is 7.79. The summed E-state index contributed by atoms with van der Waals surface area (Å²) in [5.41, 5.74) is 1.59. The third kappa shape index (κ3) is 5.31. The van der Waals surface area contributed by atoms with Gasteiger partial charge in [0.25, 0.3) is 0 Å². The minimum Gasteiger partial charge on any atom is -0.123 e. The van der Waals surface area contributed by atoms with Crippen LogP contribution in [0.2, 0.25) is 5.02 Å². The highest BCUT2D eigenvalue weighted by atomic mass is 35.5. The fraction of sp³-hybridized carbons (Fsp3) is 0.600. The molecule has 2 unspecified atom stereocenters. The molecular weight excluding hydrogens is 251 g/mol. The van der Waals surface area contributed by atoms with Gasteiger partial charge in [-0.3, -0.25) is 0 Å². The summed E-state index contributed by atoms with van der Waals surface area (Å²) in [6, 6.07) is 7.96. The van der Waals surface area contributed by atoms with E-state index in [1.807, 2.05) is 12.1 Å². The lowest BCUT2D eigenvalue weighted by Crippen LogP contribution is -2.21. The molecule has 0 aliphatic rings. The van der Waals surface area contributed by atoms with E-state index >= 15 is 0 Å². The van der Waals surface area contributed by atoms with Crippen molar-refractivity contribution in [1.29, 1.82) is 0 Å². The Morgan fingerprint density at radius 3 is 2.12 bits per heavy atom. The molecule has 0 amide bonds. The van der Waals surface area contributed by atoms with Gasteiger partial charge in [-0.15, -0.1) is 11.6 Å². The van der Waals surface area contributed by atoms with E-state index in [2.05, 4.69) is 39.8 Å². The third-order valence-electron chi connectivity index (χ3n) is 3.46. The molecule has 0 saturated carbocycles. The van der Waals surface area contributed by atoms with Crippen LogP contribution in [0.15, 0.2) is 24.3 Å². The smallest absolute Gasteiger partial charge is 0.0406 e. The van der Waals surface area contributed by atoms with Crippen molar-refractivity contribution < 1.29 is 0 Å². The molecule has 0 aromatic heterocycles. The van der Waals surface area contributed by atoms with E-state index in [1.165, 1.54) is 5.56 Å². The Morgan fingerprint density at radius 1 is 1.12 bits per heavy atom. The molecule has 0 aliphatic heterocycles. The Balaban J connectivity index is 2.50. The van der Waals surface area contributed by atoms with Crippen LogP contribution in [0.5, 0.6) is 0 Å². The minimum atomic E-state index is 0.199. The van der Waals surface area contributed by atoms with Gasteiger partial charge in [0.2, 0.25) is 0 Å². The van der Waals surface area contributed by atoms with Crippen LogP contribution in [0.4, 0.5) is 0 Å². The van der Waals surface area contributed by atoms with Gasteiger partial charge in [0.05, 0.1) is 0 Å². The first kappa shape index (κ1) is 14.9. The maximum absolute atomic E-state index is 6.42. The maximum atomic E-state index is 6.42. The Bertz CT molecular complexity index is 335. The second-order valence-corrected chi connectivity index (χ2v) is 6.98. The lowest BCUT2D eigenvalue weighted by atomic mass is 9.79. The monoisotopic (exact) mass is 272 g/mol. The van der Waals surface area contributed by atoms with E-state index in [1.54, 1.807) is 0 Å². The SMILES string of the molecule is CC(CC(Cl)Cc1ccc(Cl)cc1)C(C)(C)C. The maximum Gasteiger partial charge on any atom is 0.0406 e. The normalized spacial score (nSPS) is 15.6. The molecule has 1 aromatic rings. The summed E-state index contributed by atoms with van der Waals surface area (Å²) in [4.78, 5) is 0. The summed E-state index contributed by atoms with van der Waals surface area (Å²) >= 11 is 12.3. The fourth-order valence-electron chi connectivity index (χ4n) is 1.70. The molecular formula is C15H22Cl2. The zero-order valence-corrected chi connectivity index (χ0v) is 12.6. The lowest BCUT2D eigenvalue weighted by Gasteiger charge is -2.28. The van der Waals surface area contributed by atoms with E-state index in [-0.39, 0.29) is 5.38 Å². The molecule has 0 fully saturated rings. The van der Waals surface area contributed by atoms with Gasteiger partial charge in [0.15, 0.2) is 0 Å². The van der Waals surface area contributed by atoms with E-state index < -0.39 is 0 Å². The average Bonchev–Trinajstić information content (AvgIpc) is 2.20. The molecule has 1 rings (SSSR count). The van der Waals surface area contributed by atoms with Crippen LogP contribution in [0.3, 0.4) is 0 Å². The van der Waals surface area contributed by atoms with Gasteiger partial charge >= 0.3 is 0 Å². The molecule has 0 bridgehead atoms. The van der Waals surface area contributed by atoms with Crippen LogP contribution in [0.25, 0.3) is 0 Å². The third-order valence-corrected chi connectivity index (χ3v) is 4.04. The Kier molecular flexibility index (Phi) is 5.34. The topological polar surface area (TPSA) is 0 Å². The van der Waals surface area contributed by atoms with Crippen molar-refractivity contribution in [3.05, 3.63) is 34.9 Å². The van der Waals surface area contributed by atoms with Crippen molar-refractivity contribution in [2.45, 2.75) is 45.9 Å². The lowest BCUT2D eigenvalue weighted by molar-refractivity contribution is 0.244. The minimum absolute atomic E-state index is 0.199. The highest BCUT2D eigenvalue weighted by Gasteiger charge is 2.22. The van der Waals surface area contributed by atoms with E-state index in [0.29, 0.717) is 11.3 Å². The number of hydrogen-bond acceptors (Lipinski definition) is 0. The largest absolute Gasteiger partial charge is 0.123 e. The number of benzene rings is 1. The van der Waals surface area contributed by atoms with Gasteiger partial charge in [-0.25, -0.2) is 0 Å². The van der Waals surface area contributed by atoms with Gasteiger partial charge < -0.3 is 0 Å². The standard InChI is InChI=1S/C15H22Cl2/c1-11(15(2,3)4)9-14(17)10-12-5-7-13(16)8-6-12/h5-8,11,14H,9-10H2,1-4H3. The molecule has 0 radical (unpaired) electrons. The molecule has 0 nitrogen and oxygen atoms in total. The van der Waals surface area contributed by atoms with Crippen molar-refractivity contribution in [3.8, 4) is 0 Å². The molecule has 0 aliphatic carbocycles. The van der Waals surface area contributed by atoms with Crippen LogP contribution in [-0.2, 0) is 6.42 Å². The summed E-state index contributed by atoms with van der Waals surface area (Å²) in [6.45, 7) is 9.08. The van der Waals surface area contributed by atoms with Crippen LogP contribution < -0.4 is 0 Å². The van der Waals surface area contributed by atoms with Gasteiger partial charge in [-0.1, -0.05) is 51.4 Å². The average molecular weight is 273 g/mol. The number of halogens is 2. The predicted molar refractivity (Wildman–Crippen MR) is 78.0 cm³/mol. The predicted octanol–water partition coefficient (Wildman–Crippen LogP) is 5.56. The number of alkyl halides is 1. The molecule has 2 atom stereocenters. The van der Waals surface area contributed by atoms with Gasteiger partial charge in [0.1, 0.15) is 0 Å². The summed E-state index contributed by atoms with van der Waals surface area (Å²) in [7, 11) is 0. The fourth-order valence-corrected chi connectivity index (χ4v) is 2.27. The van der Waals surface area contributed by atoms with Crippen molar-refractivity contribution in [2.75, 3.05) is 0 Å². The summed E-state index contributed by atoms with van der Waals surface area (Å²) in [5, 5.41) is 0.980. The molecule has 17 heavy (non-hydrogen) atoms. The van der Waals surface area contributed by atoms with E-state index in [9.17, 15) is 0 Å². The second-order valence-electron chi connectivity index (χ2n) is 5.93.